The smallest absolute Gasteiger partial charge is 0.389 e. The van der Waals surface area contributed by atoms with Gasteiger partial charge in [0.1, 0.15) is 5.82 Å². The molecule has 0 spiro atoms. The average molecular weight is 339 g/mol. The van der Waals surface area contributed by atoms with E-state index in [9.17, 15) is 23.1 Å². The molecule has 0 aromatic carbocycles. The van der Waals surface area contributed by atoms with Gasteiger partial charge in [-0.25, -0.2) is 4.98 Å². The number of hydrogen-bond donors (Lipinski definition) is 1. The van der Waals surface area contributed by atoms with E-state index >= 15 is 0 Å². The van der Waals surface area contributed by atoms with Gasteiger partial charge < -0.3 is 14.6 Å². The van der Waals surface area contributed by atoms with Gasteiger partial charge in [-0.2, -0.15) is 13.2 Å². The van der Waals surface area contributed by atoms with Crippen molar-refractivity contribution in [3.8, 4) is 0 Å². The van der Waals surface area contributed by atoms with Crippen molar-refractivity contribution in [3.05, 3.63) is 58.6 Å². The molecule has 0 saturated carbocycles. The molecule has 1 N–H and O–H groups in total. The number of aliphatic hydroxyl groups is 1. The molecule has 3 rings (SSSR count). The molecule has 2 aromatic heterocycles. The van der Waals surface area contributed by atoms with E-state index in [1.165, 1.54) is 16.7 Å². The predicted octanol–water partition coefficient (Wildman–Crippen LogP) is 2.07. The topological polar surface area (TPSA) is 58.4 Å². The van der Waals surface area contributed by atoms with Crippen molar-refractivity contribution in [1.29, 1.82) is 0 Å². The third-order valence-electron chi connectivity index (χ3n) is 4.15. The summed E-state index contributed by atoms with van der Waals surface area (Å²) in [5.74, 6) is 0.376. The van der Waals surface area contributed by atoms with Crippen molar-refractivity contribution >= 4 is 5.82 Å². The Labute approximate surface area is 136 Å². The second kappa shape index (κ2) is 6.27. The molecule has 2 atom stereocenters. The first-order valence-corrected chi connectivity index (χ1v) is 7.50. The Morgan fingerprint density at radius 1 is 1.21 bits per heavy atom. The molecule has 0 aliphatic carbocycles. The zero-order chi connectivity index (χ0) is 17.3. The first-order valence-electron chi connectivity index (χ1n) is 7.50. The van der Waals surface area contributed by atoms with Gasteiger partial charge in [0.15, 0.2) is 0 Å². The zero-order valence-corrected chi connectivity index (χ0v) is 12.6. The van der Waals surface area contributed by atoms with E-state index in [2.05, 4.69) is 4.98 Å². The number of β-amino-alcohol motifs (C(OH)–C–C–N with tert-alkyl or cyclic N) is 1. The normalized spacial score (nSPS) is 21.8. The van der Waals surface area contributed by atoms with Crippen molar-refractivity contribution < 1.29 is 18.3 Å². The number of anilines is 1. The van der Waals surface area contributed by atoms with Crippen molar-refractivity contribution in [2.45, 2.75) is 24.7 Å². The second-order valence-electron chi connectivity index (χ2n) is 5.72. The second-order valence-corrected chi connectivity index (χ2v) is 5.72. The lowest BCUT2D eigenvalue weighted by atomic mass is 10.0. The van der Waals surface area contributed by atoms with Crippen LogP contribution in [0.25, 0.3) is 0 Å². The van der Waals surface area contributed by atoms with Crippen LogP contribution >= 0.6 is 0 Å². The summed E-state index contributed by atoms with van der Waals surface area (Å²) in [4.78, 5) is 17.4. The average Bonchev–Trinajstić information content (AvgIpc) is 2.55. The van der Waals surface area contributed by atoms with Gasteiger partial charge in [-0.05, 0) is 24.6 Å². The number of pyridine rings is 2. The molecule has 2 aromatic rings. The fourth-order valence-corrected chi connectivity index (χ4v) is 2.91. The lowest BCUT2D eigenvalue weighted by Gasteiger charge is -2.37. The lowest BCUT2D eigenvalue weighted by Crippen LogP contribution is -2.47. The van der Waals surface area contributed by atoms with Gasteiger partial charge in [0.2, 0.25) is 0 Å². The minimum absolute atomic E-state index is 0.192. The van der Waals surface area contributed by atoms with E-state index in [0.717, 1.165) is 12.3 Å². The molecular formula is C16H16F3N3O2. The fraction of sp³-hybridized carbons (Fsp3) is 0.375. The van der Waals surface area contributed by atoms with Crippen molar-refractivity contribution in [2.24, 2.45) is 0 Å². The lowest BCUT2D eigenvalue weighted by molar-refractivity contribution is -0.137. The Hall–Kier alpha value is -2.35. The Morgan fingerprint density at radius 2 is 2.00 bits per heavy atom. The quantitative estimate of drug-likeness (QED) is 0.910. The van der Waals surface area contributed by atoms with E-state index in [0.29, 0.717) is 18.8 Å². The Balaban J connectivity index is 1.74. The molecule has 0 radical (unpaired) electrons. The van der Waals surface area contributed by atoms with Crippen LogP contribution in [0.2, 0.25) is 0 Å². The number of aliphatic hydroxyl groups excluding tert-OH is 1. The van der Waals surface area contributed by atoms with Gasteiger partial charge >= 0.3 is 6.18 Å². The summed E-state index contributed by atoms with van der Waals surface area (Å²) in [6, 6.07) is 6.69. The summed E-state index contributed by atoms with van der Waals surface area (Å²) in [6.07, 6.45) is -2.33. The molecule has 8 heteroatoms. The van der Waals surface area contributed by atoms with Gasteiger partial charge in [0.05, 0.1) is 17.7 Å². The van der Waals surface area contributed by atoms with Crippen LogP contribution in [-0.2, 0) is 6.18 Å². The number of hydrogen-bond acceptors (Lipinski definition) is 4. The number of aromatic nitrogens is 2. The molecule has 1 fully saturated rings. The summed E-state index contributed by atoms with van der Waals surface area (Å²) in [5, 5.41) is 10.4. The van der Waals surface area contributed by atoms with Gasteiger partial charge in [0, 0.05) is 31.5 Å². The summed E-state index contributed by atoms with van der Waals surface area (Å²) >= 11 is 0. The molecule has 0 bridgehead atoms. The third kappa shape index (κ3) is 3.28. The number of nitrogens with zero attached hydrogens (tertiary/aromatic N) is 3. The number of halogens is 3. The molecule has 128 valence electrons. The fourth-order valence-electron chi connectivity index (χ4n) is 2.91. The van der Waals surface area contributed by atoms with Crippen LogP contribution in [0.4, 0.5) is 19.0 Å². The van der Waals surface area contributed by atoms with Crippen LogP contribution in [0.15, 0.2) is 47.5 Å². The minimum Gasteiger partial charge on any atom is -0.389 e. The molecule has 1 saturated heterocycles. The standard InChI is InChI=1S/C16H16F3N3O2/c17-16(18,19)11-4-5-14(20-9-11)21-8-6-12(13(23)10-21)22-7-2-1-3-15(22)24/h1-5,7,9,12-13,23H,6,8,10H2/t12-,13-/m0/s1. The highest BCUT2D eigenvalue weighted by Gasteiger charge is 2.32. The third-order valence-corrected chi connectivity index (χ3v) is 4.15. The van der Waals surface area contributed by atoms with Crippen LogP contribution in [0.1, 0.15) is 18.0 Å². The van der Waals surface area contributed by atoms with E-state index in [1.54, 1.807) is 23.2 Å². The van der Waals surface area contributed by atoms with E-state index in [1.807, 2.05) is 0 Å². The maximum Gasteiger partial charge on any atom is 0.417 e. The van der Waals surface area contributed by atoms with Gasteiger partial charge in [-0.1, -0.05) is 6.07 Å². The first kappa shape index (κ1) is 16.5. The Kier molecular flexibility index (Phi) is 4.31. The van der Waals surface area contributed by atoms with Crippen LogP contribution < -0.4 is 10.5 Å². The summed E-state index contributed by atoms with van der Waals surface area (Å²) in [5.41, 5.74) is -1.000. The highest BCUT2D eigenvalue weighted by atomic mass is 19.4. The first-order chi connectivity index (χ1) is 11.4. The molecule has 1 aliphatic rings. The Morgan fingerprint density at radius 3 is 2.58 bits per heavy atom. The van der Waals surface area contributed by atoms with Crippen molar-refractivity contribution in [2.75, 3.05) is 18.0 Å². The molecule has 3 heterocycles. The Bertz CT molecular complexity index is 758. The van der Waals surface area contributed by atoms with Crippen molar-refractivity contribution in [1.82, 2.24) is 9.55 Å². The van der Waals surface area contributed by atoms with Crippen LogP contribution in [0.5, 0.6) is 0 Å². The highest BCUT2D eigenvalue weighted by Crippen LogP contribution is 2.30. The highest BCUT2D eigenvalue weighted by molar-refractivity contribution is 5.40. The van der Waals surface area contributed by atoms with Crippen LogP contribution in [0, 0.1) is 0 Å². The van der Waals surface area contributed by atoms with Gasteiger partial charge in [-0.15, -0.1) is 0 Å². The van der Waals surface area contributed by atoms with Gasteiger partial charge in [-0.3, -0.25) is 4.79 Å². The number of piperidine rings is 1. The number of alkyl halides is 3. The summed E-state index contributed by atoms with van der Waals surface area (Å²) in [6.45, 7) is 0.686. The van der Waals surface area contributed by atoms with E-state index in [-0.39, 0.29) is 18.1 Å². The molecule has 5 nitrogen and oxygen atoms in total. The van der Waals surface area contributed by atoms with E-state index in [4.69, 9.17) is 0 Å². The maximum atomic E-state index is 12.6. The molecule has 0 unspecified atom stereocenters. The predicted molar refractivity (Wildman–Crippen MR) is 81.8 cm³/mol. The minimum atomic E-state index is -4.42. The monoisotopic (exact) mass is 339 g/mol. The largest absolute Gasteiger partial charge is 0.417 e. The molecule has 0 amide bonds. The van der Waals surface area contributed by atoms with E-state index < -0.39 is 17.8 Å². The molecule has 24 heavy (non-hydrogen) atoms. The molecular weight excluding hydrogens is 323 g/mol. The maximum absolute atomic E-state index is 12.6. The summed E-state index contributed by atoms with van der Waals surface area (Å²) < 4.78 is 39.2. The van der Waals surface area contributed by atoms with Gasteiger partial charge in [0.25, 0.3) is 5.56 Å². The van der Waals surface area contributed by atoms with Crippen molar-refractivity contribution in [3.63, 3.8) is 0 Å². The van der Waals surface area contributed by atoms with Crippen LogP contribution in [0.3, 0.4) is 0 Å². The SMILES string of the molecule is O=c1ccccn1[C@H]1CCN(c2ccc(C(F)(F)F)cn2)C[C@@H]1O. The van der Waals surface area contributed by atoms with Crippen LogP contribution in [-0.4, -0.2) is 33.9 Å². The summed E-state index contributed by atoms with van der Waals surface area (Å²) in [7, 11) is 0. The zero-order valence-electron chi connectivity index (χ0n) is 12.6. The molecule has 1 aliphatic heterocycles. The number of rotatable bonds is 2.